The summed E-state index contributed by atoms with van der Waals surface area (Å²) in [7, 11) is 0. The molecule has 102 valence electrons. The normalized spacial score (nSPS) is 18.3. The highest BCUT2D eigenvalue weighted by Gasteiger charge is 2.23. The Kier molecular flexibility index (Phi) is 4.57. The summed E-state index contributed by atoms with van der Waals surface area (Å²) in [5, 5.41) is 6.43. The Morgan fingerprint density at radius 2 is 2.37 bits per heavy atom. The second-order valence-corrected chi connectivity index (χ2v) is 5.42. The van der Waals surface area contributed by atoms with Gasteiger partial charge in [-0.05, 0) is 12.1 Å². The molecule has 1 fully saturated rings. The fourth-order valence-electron chi connectivity index (χ4n) is 1.82. The van der Waals surface area contributed by atoms with Crippen molar-refractivity contribution in [1.82, 2.24) is 15.3 Å². The van der Waals surface area contributed by atoms with Gasteiger partial charge < -0.3 is 4.98 Å². The number of halogens is 2. The number of thioether (sulfide) groups is 1. The van der Waals surface area contributed by atoms with E-state index >= 15 is 0 Å². The van der Waals surface area contributed by atoms with Crippen LogP contribution in [0.4, 0.5) is 5.95 Å². The molecule has 1 aliphatic heterocycles. The molecule has 2 heterocycles. The number of carbonyl (C=O) groups excluding carboxylic acids is 1. The second kappa shape index (κ2) is 6.00. The van der Waals surface area contributed by atoms with Crippen molar-refractivity contribution >= 4 is 58.7 Å². The molecule has 19 heavy (non-hydrogen) atoms. The molecular formula is C11H12Cl2N4OS. The van der Waals surface area contributed by atoms with Crippen molar-refractivity contribution in [2.75, 3.05) is 16.9 Å². The number of benzene rings is 1. The minimum atomic E-state index is -0.154. The van der Waals surface area contributed by atoms with Crippen LogP contribution in [0.2, 0.25) is 5.02 Å². The van der Waals surface area contributed by atoms with E-state index in [2.05, 4.69) is 20.6 Å². The number of H-pyrrole nitrogens is 1. The first-order chi connectivity index (χ1) is 8.74. The number of imidazole rings is 1. The van der Waals surface area contributed by atoms with E-state index in [4.69, 9.17) is 11.6 Å². The minimum Gasteiger partial charge on any atom is -0.324 e. The highest BCUT2D eigenvalue weighted by atomic mass is 35.5. The molecular weight excluding hydrogens is 307 g/mol. The van der Waals surface area contributed by atoms with Gasteiger partial charge in [0.15, 0.2) is 0 Å². The maximum atomic E-state index is 11.9. The molecule has 0 radical (unpaired) electrons. The number of hydrogen-bond acceptors (Lipinski definition) is 4. The van der Waals surface area contributed by atoms with Crippen molar-refractivity contribution in [3.8, 4) is 0 Å². The molecule has 1 aromatic heterocycles. The number of carbonyl (C=O) groups is 1. The molecule has 8 heteroatoms. The average Bonchev–Trinajstić information content (AvgIpc) is 2.97. The van der Waals surface area contributed by atoms with Gasteiger partial charge in [0.25, 0.3) is 0 Å². The number of amides is 1. The van der Waals surface area contributed by atoms with Crippen LogP contribution in [0.5, 0.6) is 0 Å². The molecule has 0 aliphatic carbocycles. The van der Waals surface area contributed by atoms with Gasteiger partial charge in [-0.2, -0.15) is 0 Å². The predicted molar refractivity (Wildman–Crippen MR) is 81.2 cm³/mol. The van der Waals surface area contributed by atoms with Gasteiger partial charge in [0.2, 0.25) is 11.9 Å². The first-order valence-corrected chi connectivity index (χ1v) is 7.03. The van der Waals surface area contributed by atoms with Crippen LogP contribution in [0.15, 0.2) is 18.2 Å². The van der Waals surface area contributed by atoms with Crippen LogP contribution in [-0.4, -0.2) is 33.5 Å². The highest BCUT2D eigenvalue weighted by molar-refractivity contribution is 7.99. The van der Waals surface area contributed by atoms with Crippen LogP contribution >= 0.6 is 35.8 Å². The fraction of sp³-hybridized carbons (Fsp3) is 0.273. The van der Waals surface area contributed by atoms with E-state index in [0.29, 0.717) is 16.5 Å². The van der Waals surface area contributed by atoms with Crippen molar-refractivity contribution in [1.29, 1.82) is 0 Å². The number of fused-ring (bicyclic) bond motifs is 1. The van der Waals surface area contributed by atoms with Gasteiger partial charge in [0.1, 0.15) is 5.52 Å². The molecule has 1 aliphatic rings. The molecule has 1 aromatic carbocycles. The number of para-hydroxylation sites is 1. The van der Waals surface area contributed by atoms with E-state index in [1.54, 1.807) is 17.8 Å². The van der Waals surface area contributed by atoms with E-state index in [1.807, 2.05) is 12.1 Å². The Morgan fingerprint density at radius 1 is 1.53 bits per heavy atom. The van der Waals surface area contributed by atoms with E-state index in [-0.39, 0.29) is 24.4 Å². The zero-order chi connectivity index (χ0) is 12.5. The number of nitrogens with zero attached hydrogens (tertiary/aromatic N) is 1. The van der Waals surface area contributed by atoms with Crippen molar-refractivity contribution in [3.05, 3.63) is 23.2 Å². The largest absolute Gasteiger partial charge is 0.324 e. The van der Waals surface area contributed by atoms with Crippen LogP contribution < -0.4 is 10.6 Å². The first-order valence-electron chi connectivity index (χ1n) is 5.50. The lowest BCUT2D eigenvalue weighted by molar-refractivity contribution is -0.117. The Labute approximate surface area is 125 Å². The molecule has 0 bridgehead atoms. The van der Waals surface area contributed by atoms with Crippen molar-refractivity contribution in [2.24, 2.45) is 0 Å². The molecule has 1 saturated heterocycles. The summed E-state index contributed by atoms with van der Waals surface area (Å²) in [6.07, 6.45) is 0. The van der Waals surface area contributed by atoms with Crippen LogP contribution in [0.25, 0.3) is 11.0 Å². The molecule has 5 nitrogen and oxygen atoms in total. The summed E-state index contributed by atoms with van der Waals surface area (Å²) < 4.78 is 0. The van der Waals surface area contributed by atoms with Gasteiger partial charge in [0.05, 0.1) is 16.6 Å². The lowest BCUT2D eigenvalue weighted by Crippen LogP contribution is -2.37. The molecule has 3 rings (SSSR count). The standard InChI is InChI=1S/C11H11ClN4OS.ClH/c12-6-2-1-3-7-9(6)15-11(14-7)16-10(17)8-4-18-5-13-8;/h1-3,8,13H,4-5H2,(H2,14,15,16,17);1H. The second-order valence-electron chi connectivity index (χ2n) is 3.98. The van der Waals surface area contributed by atoms with Gasteiger partial charge in [-0.3, -0.25) is 15.4 Å². The van der Waals surface area contributed by atoms with Gasteiger partial charge in [-0.15, -0.1) is 24.2 Å². The van der Waals surface area contributed by atoms with Crippen LogP contribution in [-0.2, 0) is 4.79 Å². The van der Waals surface area contributed by atoms with Gasteiger partial charge in [0, 0.05) is 11.6 Å². The summed E-state index contributed by atoms with van der Waals surface area (Å²) in [6.45, 7) is 0. The summed E-state index contributed by atoms with van der Waals surface area (Å²) in [4.78, 5) is 19.2. The predicted octanol–water partition coefficient (Wildman–Crippen LogP) is 2.24. The fourth-order valence-corrected chi connectivity index (χ4v) is 2.98. The Bertz CT molecular complexity index is 597. The van der Waals surface area contributed by atoms with E-state index in [9.17, 15) is 4.79 Å². The highest BCUT2D eigenvalue weighted by Crippen LogP contribution is 2.22. The van der Waals surface area contributed by atoms with E-state index in [1.165, 1.54) is 0 Å². The zero-order valence-corrected chi connectivity index (χ0v) is 12.2. The summed E-state index contributed by atoms with van der Waals surface area (Å²) in [5.41, 5.74) is 1.48. The number of aromatic nitrogens is 2. The number of aromatic amines is 1. The number of nitrogens with one attached hydrogen (secondary N) is 3. The molecule has 3 N–H and O–H groups in total. The van der Waals surface area contributed by atoms with Gasteiger partial charge in [-0.25, -0.2) is 4.98 Å². The molecule has 1 unspecified atom stereocenters. The minimum absolute atomic E-state index is 0. The first kappa shape index (κ1) is 14.5. The zero-order valence-electron chi connectivity index (χ0n) is 9.77. The molecule has 2 aromatic rings. The van der Waals surface area contributed by atoms with Crippen molar-refractivity contribution in [3.63, 3.8) is 0 Å². The van der Waals surface area contributed by atoms with Crippen molar-refractivity contribution < 1.29 is 4.79 Å². The quantitative estimate of drug-likeness (QED) is 0.794. The maximum absolute atomic E-state index is 11.9. The molecule has 1 amide bonds. The van der Waals surface area contributed by atoms with Gasteiger partial charge in [-0.1, -0.05) is 17.7 Å². The third-order valence-electron chi connectivity index (χ3n) is 2.74. The Morgan fingerprint density at radius 3 is 3.05 bits per heavy atom. The summed E-state index contributed by atoms with van der Waals surface area (Å²) >= 11 is 7.73. The third-order valence-corrected chi connectivity index (χ3v) is 3.98. The lowest BCUT2D eigenvalue weighted by Gasteiger charge is -2.07. The van der Waals surface area contributed by atoms with Gasteiger partial charge >= 0.3 is 0 Å². The molecule has 1 atom stereocenters. The molecule has 0 spiro atoms. The van der Waals surface area contributed by atoms with E-state index < -0.39 is 0 Å². The Hall–Kier alpha value is -0.950. The monoisotopic (exact) mass is 318 g/mol. The summed E-state index contributed by atoms with van der Waals surface area (Å²) in [5.74, 6) is 1.95. The SMILES string of the molecule is Cl.O=C(Nc1nc2c(Cl)cccc2[nH]1)C1CSCN1. The van der Waals surface area contributed by atoms with Crippen molar-refractivity contribution in [2.45, 2.75) is 6.04 Å². The van der Waals surface area contributed by atoms with Crippen LogP contribution in [0, 0.1) is 0 Å². The Balaban J connectivity index is 0.00000133. The number of anilines is 1. The van der Waals surface area contributed by atoms with E-state index in [0.717, 1.165) is 17.1 Å². The third kappa shape index (κ3) is 2.97. The summed E-state index contributed by atoms with van der Waals surface area (Å²) in [6, 6.07) is 5.32. The molecule has 0 saturated carbocycles. The maximum Gasteiger partial charge on any atom is 0.244 e. The topological polar surface area (TPSA) is 69.8 Å². The number of hydrogen-bond donors (Lipinski definition) is 3. The lowest BCUT2D eigenvalue weighted by atomic mass is 10.3. The number of rotatable bonds is 2. The van der Waals surface area contributed by atoms with Crippen LogP contribution in [0.1, 0.15) is 0 Å². The average molecular weight is 319 g/mol. The van der Waals surface area contributed by atoms with Crippen LogP contribution in [0.3, 0.4) is 0 Å². The smallest absolute Gasteiger partial charge is 0.244 e.